The summed E-state index contributed by atoms with van der Waals surface area (Å²) in [6.45, 7) is 7.79. The van der Waals surface area contributed by atoms with Gasteiger partial charge in [-0.2, -0.15) is 0 Å². The van der Waals surface area contributed by atoms with Gasteiger partial charge < -0.3 is 15.2 Å². The van der Waals surface area contributed by atoms with Gasteiger partial charge in [0.25, 0.3) is 0 Å². The summed E-state index contributed by atoms with van der Waals surface area (Å²) in [7, 11) is 0. The van der Waals surface area contributed by atoms with Gasteiger partial charge in [0.05, 0.1) is 11.6 Å². The molecule has 0 aromatic heterocycles. The molecule has 2 aliphatic rings. The van der Waals surface area contributed by atoms with Crippen LogP contribution in [0.15, 0.2) is 0 Å². The SMILES string of the molecule is CC1CCC(C)N1C(C)C(=O)NCC1(O)CCOCC1. The zero-order valence-electron chi connectivity index (χ0n) is 12.9. The Bertz CT molecular complexity index is 332. The van der Waals surface area contributed by atoms with Crippen LogP contribution in [-0.2, 0) is 9.53 Å². The average Bonchev–Trinajstić information content (AvgIpc) is 2.76. The summed E-state index contributed by atoms with van der Waals surface area (Å²) in [6, 6.07) is 0.778. The highest BCUT2D eigenvalue weighted by Gasteiger charge is 2.36. The topological polar surface area (TPSA) is 61.8 Å². The quantitative estimate of drug-likeness (QED) is 0.805. The first-order valence-corrected chi connectivity index (χ1v) is 7.78. The number of ether oxygens (including phenoxy) is 1. The van der Waals surface area contributed by atoms with Gasteiger partial charge in [-0.3, -0.25) is 9.69 Å². The number of hydrogen-bond acceptors (Lipinski definition) is 4. The van der Waals surface area contributed by atoms with Gasteiger partial charge in [0.15, 0.2) is 0 Å². The van der Waals surface area contributed by atoms with Crippen LogP contribution in [0.2, 0.25) is 0 Å². The molecular weight excluding hydrogens is 256 g/mol. The number of carbonyl (C=O) groups excluding carboxylic acids is 1. The lowest BCUT2D eigenvalue weighted by atomic mass is 9.94. The third-order valence-electron chi connectivity index (χ3n) is 4.86. The van der Waals surface area contributed by atoms with E-state index >= 15 is 0 Å². The Hall–Kier alpha value is -0.650. The van der Waals surface area contributed by atoms with Gasteiger partial charge in [-0.05, 0) is 33.6 Å². The van der Waals surface area contributed by atoms with E-state index in [0.717, 1.165) is 12.8 Å². The Morgan fingerprint density at radius 2 is 1.90 bits per heavy atom. The molecule has 2 saturated heterocycles. The molecule has 0 aliphatic carbocycles. The summed E-state index contributed by atoms with van der Waals surface area (Å²) in [5.74, 6) is 0.0190. The van der Waals surface area contributed by atoms with E-state index < -0.39 is 5.60 Å². The fourth-order valence-corrected chi connectivity index (χ4v) is 3.44. The van der Waals surface area contributed by atoms with E-state index in [1.54, 1.807) is 0 Å². The van der Waals surface area contributed by atoms with Crippen LogP contribution in [-0.4, -0.2) is 59.4 Å². The van der Waals surface area contributed by atoms with Gasteiger partial charge in [0.2, 0.25) is 5.91 Å². The zero-order chi connectivity index (χ0) is 14.8. The molecule has 0 radical (unpaired) electrons. The van der Waals surface area contributed by atoms with Crippen LogP contribution >= 0.6 is 0 Å². The third kappa shape index (κ3) is 3.51. The zero-order valence-corrected chi connectivity index (χ0v) is 12.9. The molecule has 5 nitrogen and oxygen atoms in total. The third-order valence-corrected chi connectivity index (χ3v) is 4.86. The van der Waals surface area contributed by atoms with Gasteiger partial charge >= 0.3 is 0 Å². The van der Waals surface area contributed by atoms with Gasteiger partial charge in [0.1, 0.15) is 0 Å². The molecule has 1 amide bonds. The van der Waals surface area contributed by atoms with E-state index in [-0.39, 0.29) is 11.9 Å². The molecule has 116 valence electrons. The van der Waals surface area contributed by atoms with Crippen molar-refractivity contribution in [1.82, 2.24) is 10.2 Å². The Morgan fingerprint density at radius 3 is 2.45 bits per heavy atom. The second-order valence-corrected chi connectivity index (χ2v) is 6.45. The molecule has 2 aliphatic heterocycles. The van der Waals surface area contributed by atoms with E-state index in [1.807, 2.05) is 6.92 Å². The summed E-state index contributed by atoms with van der Waals surface area (Å²) >= 11 is 0. The lowest BCUT2D eigenvalue weighted by molar-refractivity contribution is -0.129. The molecule has 3 unspecified atom stereocenters. The molecule has 2 N–H and O–H groups in total. The predicted molar refractivity (Wildman–Crippen MR) is 77.5 cm³/mol. The first kappa shape index (κ1) is 15.7. The van der Waals surface area contributed by atoms with Crippen LogP contribution in [0.25, 0.3) is 0 Å². The summed E-state index contributed by atoms with van der Waals surface area (Å²) in [6.07, 6.45) is 3.50. The minimum atomic E-state index is -0.796. The molecule has 2 rings (SSSR count). The molecule has 0 bridgehead atoms. The number of nitrogens with one attached hydrogen (secondary N) is 1. The standard InChI is InChI=1S/C15H28N2O3/c1-11-4-5-12(2)17(11)13(3)14(18)16-10-15(19)6-8-20-9-7-15/h11-13,19H,4-10H2,1-3H3,(H,16,18). The molecule has 2 heterocycles. The van der Waals surface area contributed by atoms with E-state index in [2.05, 4.69) is 24.1 Å². The number of nitrogens with zero attached hydrogens (tertiary/aromatic N) is 1. The molecule has 0 aromatic rings. The number of aliphatic hydroxyl groups is 1. The summed E-state index contributed by atoms with van der Waals surface area (Å²) in [4.78, 5) is 14.6. The largest absolute Gasteiger partial charge is 0.388 e. The van der Waals surface area contributed by atoms with Crippen LogP contribution in [0.5, 0.6) is 0 Å². The molecule has 2 fully saturated rings. The summed E-state index contributed by atoms with van der Waals surface area (Å²) < 4.78 is 5.25. The molecule has 0 saturated carbocycles. The van der Waals surface area contributed by atoms with Gasteiger partial charge in [-0.15, -0.1) is 0 Å². The van der Waals surface area contributed by atoms with Crippen molar-refractivity contribution in [2.24, 2.45) is 0 Å². The second kappa shape index (κ2) is 6.41. The van der Waals surface area contributed by atoms with Crippen LogP contribution < -0.4 is 5.32 Å². The van der Waals surface area contributed by atoms with Crippen molar-refractivity contribution < 1.29 is 14.6 Å². The highest BCUT2D eigenvalue weighted by atomic mass is 16.5. The highest BCUT2D eigenvalue weighted by Crippen LogP contribution is 2.26. The second-order valence-electron chi connectivity index (χ2n) is 6.45. The molecule has 0 aromatic carbocycles. The van der Waals surface area contributed by atoms with Crippen molar-refractivity contribution in [3.05, 3.63) is 0 Å². The molecular formula is C15H28N2O3. The van der Waals surface area contributed by atoms with Crippen molar-refractivity contribution in [2.45, 2.75) is 70.2 Å². The Kier molecular flexibility index (Phi) is 5.04. The van der Waals surface area contributed by atoms with Gasteiger partial charge in [-0.1, -0.05) is 0 Å². The number of amides is 1. The van der Waals surface area contributed by atoms with Crippen LogP contribution in [0.1, 0.15) is 46.5 Å². The fourth-order valence-electron chi connectivity index (χ4n) is 3.44. The summed E-state index contributed by atoms with van der Waals surface area (Å²) in [5, 5.41) is 13.3. The van der Waals surface area contributed by atoms with E-state index in [9.17, 15) is 9.90 Å². The van der Waals surface area contributed by atoms with Crippen molar-refractivity contribution in [3.8, 4) is 0 Å². The predicted octanol–water partition coefficient (Wildman–Crippen LogP) is 0.905. The Morgan fingerprint density at radius 1 is 1.35 bits per heavy atom. The maximum Gasteiger partial charge on any atom is 0.237 e. The van der Waals surface area contributed by atoms with Crippen LogP contribution in [0.4, 0.5) is 0 Å². The van der Waals surface area contributed by atoms with Crippen molar-refractivity contribution in [2.75, 3.05) is 19.8 Å². The Balaban J connectivity index is 1.85. The van der Waals surface area contributed by atoms with Crippen molar-refractivity contribution in [1.29, 1.82) is 0 Å². The first-order valence-electron chi connectivity index (χ1n) is 7.78. The number of rotatable bonds is 4. The lowest BCUT2D eigenvalue weighted by Gasteiger charge is -2.35. The van der Waals surface area contributed by atoms with Gasteiger partial charge in [-0.25, -0.2) is 0 Å². The molecule has 5 heteroatoms. The van der Waals surface area contributed by atoms with E-state index in [4.69, 9.17) is 4.74 Å². The number of likely N-dealkylation sites (tertiary alicyclic amines) is 1. The lowest BCUT2D eigenvalue weighted by Crippen LogP contribution is -2.53. The minimum Gasteiger partial charge on any atom is -0.388 e. The Labute approximate surface area is 121 Å². The highest BCUT2D eigenvalue weighted by molar-refractivity contribution is 5.81. The van der Waals surface area contributed by atoms with Crippen molar-refractivity contribution in [3.63, 3.8) is 0 Å². The van der Waals surface area contributed by atoms with Crippen molar-refractivity contribution >= 4 is 5.91 Å². The van der Waals surface area contributed by atoms with Crippen LogP contribution in [0, 0.1) is 0 Å². The fraction of sp³-hybridized carbons (Fsp3) is 0.933. The maximum atomic E-state index is 12.3. The normalized spacial score (nSPS) is 32.0. The number of carbonyl (C=O) groups is 1. The first-order chi connectivity index (χ1) is 9.43. The van der Waals surface area contributed by atoms with E-state index in [0.29, 0.717) is 44.7 Å². The smallest absolute Gasteiger partial charge is 0.237 e. The molecule has 3 atom stereocenters. The van der Waals surface area contributed by atoms with Gasteiger partial charge in [0, 0.05) is 44.7 Å². The molecule has 0 spiro atoms. The van der Waals surface area contributed by atoms with E-state index in [1.165, 1.54) is 0 Å². The average molecular weight is 284 g/mol. The summed E-state index contributed by atoms with van der Waals surface area (Å²) in [5.41, 5.74) is -0.796. The van der Waals surface area contributed by atoms with Crippen LogP contribution in [0.3, 0.4) is 0 Å². The number of hydrogen-bond donors (Lipinski definition) is 2. The molecule has 20 heavy (non-hydrogen) atoms. The minimum absolute atomic E-state index is 0.0190. The maximum absolute atomic E-state index is 12.3. The monoisotopic (exact) mass is 284 g/mol.